The van der Waals surface area contributed by atoms with Crippen LogP contribution in [0, 0.1) is 0 Å². The van der Waals surface area contributed by atoms with E-state index in [-0.39, 0.29) is 18.1 Å². The Balaban J connectivity index is 2.55. The molecule has 0 saturated heterocycles. The van der Waals surface area contributed by atoms with Crippen LogP contribution < -0.4 is 21.3 Å². The Morgan fingerprint density at radius 3 is 2.58 bits per heavy atom. The fraction of sp³-hybridized carbons (Fsp3) is 0.727. The van der Waals surface area contributed by atoms with Crippen LogP contribution in [0.1, 0.15) is 27.2 Å². The van der Waals surface area contributed by atoms with E-state index in [0.29, 0.717) is 19.1 Å². The Kier molecular flexibility index (Phi) is 6.83. The van der Waals surface area contributed by atoms with Crippen molar-refractivity contribution in [2.75, 3.05) is 30.5 Å². The van der Waals surface area contributed by atoms with Gasteiger partial charge in [-0.1, -0.05) is 0 Å². The molecule has 0 aliphatic carbocycles. The molecule has 1 aromatic rings. The topological polar surface area (TPSA) is 107 Å². The fourth-order valence-corrected chi connectivity index (χ4v) is 1.28. The van der Waals surface area contributed by atoms with Gasteiger partial charge in [0.05, 0.1) is 6.10 Å². The van der Waals surface area contributed by atoms with E-state index >= 15 is 0 Å². The first-order chi connectivity index (χ1) is 9.15. The summed E-state index contributed by atoms with van der Waals surface area (Å²) in [6.07, 6.45) is 0.851. The van der Waals surface area contributed by atoms with Crippen LogP contribution in [0.2, 0.25) is 0 Å². The van der Waals surface area contributed by atoms with Gasteiger partial charge in [0.1, 0.15) is 0 Å². The molecule has 0 atom stereocenters. The summed E-state index contributed by atoms with van der Waals surface area (Å²) in [6.45, 7) is 7.89. The van der Waals surface area contributed by atoms with Crippen LogP contribution in [0.5, 0.6) is 6.01 Å². The van der Waals surface area contributed by atoms with E-state index in [1.165, 1.54) is 0 Å². The Morgan fingerprint density at radius 2 is 1.95 bits per heavy atom. The Bertz CT molecular complexity index is 374. The SMILES string of the molecule is CCOCCCNc1nc(NN)nc(OC(C)C)n1. The van der Waals surface area contributed by atoms with E-state index in [0.717, 1.165) is 13.0 Å². The summed E-state index contributed by atoms with van der Waals surface area (Å²) < 4.78 is 10.7. The molecule has 0 fully saturated rings. The van der Waals surface area contributed by atoms with Gasteiger partial charge in [-0.2, -0.15) is 15.0 Å². The average Bonchev–Trinajstić information content (AvgIpc) is 2.37. The second-order valence-corrected chi connectivity index (χ2v) is 4.05. The number of hydrogen-bond donors (Lipinski definition) is 3. The molecule has 0 unspecified atom stereocenters. The number of rotatable bonds is 9. The maximum Gasteiger partial charge on any atom is 0.323 e. The van der Waals surface area contributed by atoms with Crippen LogP contribution in [-0.4, -0.2) is 40.8 Å². The maximum absolute atomic E-state index is 5.42. The van der Waals surface area contributed by atoms with Gasteiger partial charge in [0.15, 0.2) is 0 Å². The fourth-order valence-electron chi connectivity index (χ4n) is 1.28. The molecule has 0 radical (unpaired) electrons. The molecule has 1 aromatic heterocycles. The number of nitrogens with two attached hydrogens (primary N) is 1. The van der Waals surface area contributed by atoms with E-state index in [9.17, 15) is 0 Å². The lowest BCUT2D eigenvalue weighted by Gasteiger charge is -2.11. The van der Waals surface area contributed by atoms with Crippen molar-refractivity contribution in [3.63, 3.8) is 0 Å². The number of nitrogen functional groups attached to an aromatic ring is 1. The number of anilines is 2. The molecular weight excluding hydrogens is 248 g/mol. The molecule has 108 valence electrons. The van der Waals surface area contributed by atoms with E-state index in [2.05, 4.69) is 25.7 Å². The molecule has 0 aliphatic heterocycles. The number of hydrogen-bond acceptors (Lipinski definition) is 8. The summed E-state index contributed by atoms with van der Waals surface area (Å²) >= 11 is 0. The molecule has 0 bridgehead atoms. The lowest BCUT2D eigenvalue weighted by Crippen LogP contribution is -2.17. The van der Waals surface area contributed by atoms with Gasteiger partial charge >= 0.3 is 6.01 Å². The smallest absolute Gasteiger partial charge is 0.323 e. The van der Waals surface area contributed by atoms with Crippen molar-refractivity contribution in [1.29, 1.82) is 0 Å². The molecular formula is C11H22N6O2. The zero-order valence-electron chi connectivity index (χ0n) is 11.6. The van der Waals surface area contributed by atoms with E-state index in [4.69, 9.17) is 15.3 Å². The van der Waals surface area contributed by atoms with E-state index in [1.807, 2.05) is 20.8 Å². The minimum atomic E-state index is -0.0150. The third-order valence-corrected chi connectivity index (χ3v) is 2.04. The molecule has 0 amide bonds. The largest absolute Gasteiger partial charge is 0.461 e. The normalized spacial score (nSPS) is 10.6. The second-order valence-electron chi connectivity index (χ2n) is 4.05. The second kappa shape index (κ2) is 8.44. The van der Waals surface area contributed by atoms with Crippen LogP contribution in [0.3, 0.4) is 0 Å². The van der Waals surface area contributed by atoms with Gasteiger partial charge < -0.3 is 14.8 Å². The summed E-state index contributed by atoms with van der Waals surface area (Å²) in [6, 6.07) is 0.241. The highest BCUT2D eigenvalue weighted by molar-refractivity contribution is 5.34. The number of hydrazine groups is 1. The first-order valence-corrected chi connectivity index (χ1v) is 6.36. The molecule has 0 saturated carbocycles. The van der Waals surface area contributed by atoms with E-state index < -0.39 is 0 Å². The first kappa shape index (κ1) is 15.4. The summed E-state index contributed by atoms with van der Waals surface area (Å²) in [5, 5.41) is 3.07. The standard InChI is InChI=1S/C11H22N6O2/c1-4-18-7-5-6-13-9-14-10(17-12)16-11(15-9)19-8(2)3/h8H,4-7,12H2,1-3H3,(H2,13,14,15,16,17). The molecule has 0 spiro atoms. The number of nitrogens with zero attached hydrogens (tertiary/aromatic N) is 3. The van der Waals surface area contributed by atoms with Crippen LogP contribution in [0.15, 0.2) is 0 Å². The highest BCUT2D eigenvalue weighted by Gasteiger charge is 2.07. The number of aromatic nitrogens is 3. The first-order valence-electron chi connectivity index (χ1n) is 6.36. The highest BCUT2D eigenvalue weighted by atomic mass is 16.5. The van der Waals surface area contributed by atoms with Crippen LogP contribution in [-0.2, 0) is 4.74 Å². The number of nitrogens with one attached hydrogen (secondary N) is 2. The Hall–Kier alpha value is -1.67. The van der Waals surface area contributed by atoms with Crippen molar-refractivity contribution in [1.82, 2.24) is 15.0 Å². The molecule has 8 heteroatoms. The van der Waals surface area contributed by atoms with Gasteiger partial charge in [-0.15, -0.1) is 0 Å². The van der Waals surface area contributed by atoms with Gasteiger partial charge in [0.25, 0.3) is 0 Å². The average molecular weight is 270 g/mol. The quantitative estimate of drug-likeness (QED) is 0.343. The number of ether oxygens (including phenoxy) is 2. The van der Waals surface area contributed by atoms with Crippen LogP contribution in [0.4, 0.5) is 11.9 Å². The molecule has 4 N–H and O–H groups in total. The molecule has 1 rings (SSSR count). The lowest BCUT2D eigenvalue weighted by molar-refractivity contribution is 0.147. The Morgan fingerprint density at radius 1 is 1.21 bits per heavy atom. The van der Waals surface area contributed by atoms with Gasteiger partial charge in [-0.05, 0) is 27.2 Å². The molecule has 0 aliphatic rings. The summed E-state index contributed by atoms with van der Waals surface area (Å²) in [5.41, 5.74) is 2.38. The monoisotopic (exact) mass is 270 g/mol. The van der Waals surface area contributed by atoms with Crippen LogP contribution >= 0.6 is 0 Å². The van der Waals surface area contributed by atoms with Gasteiger partial charge in [0, 0.05) is 19.8 Å². The highest BCUT2D eigenvalue weighted by Crippen LogP contribution is 2.11. The summed E-state index contributed by atoms with van der Waals surface area (Å²) in [4.78, 5) is 12.2. The molecule has 1 heterocycles. The van der Waals surface area contributed by atoms with Crippen molar-refractivity contribution < 1.29 is 9.47 Å². The third kappa shape index (κ3) is 6.16. The van der Waals surface area contributed by atoms with Crippen molar-refractivity contribution in [2.45, 2.75) is 33.3 Å². The maximum atomic E-state index is 5.42. The molecule has 8 nitrogen and oxygen atoms in total. The predicted octanol–water partition coefficient (Wildman–Crippen LogP) is 0.783. The van der Waals surface area contributed by atoms with Gasteiger partial charge in [0.2, 0.25) is 11.9 Å². The van der Waals surface area contributed by atoms with Gasteiger partial charge in [-0.25, -0.2) is 5.84 Å². The third-order valence-electron chi connectivity index (χ3n) is 2.04. The van der Waals surface area contributed by atoms with Gasteiger partial charge in [-0.3, -0.25) is 5.43 Å². The van der Waals surface area contributed by atoms with Crippen molar-refractivity contribution in [3.05, 3.63) is 0 Å². The Labute approximate surface area is 113 Å². The minimum Gasteiger partial charge on any atom is -0.461 e. The van der Waals surface area contributed by atoms with Crippen molar-refractivity contribution >= 4 is 11.9 Å². The zero-order valence-corrected chi connectivity index (χ0v) is 11.6. The molecule has 0 aromatic carbocycles. The van der Waals surface area contributed by atoms with Crippen molar-refractivity contribution in [2.24, 2.45) is 5.84 Å². The minimum absolute atomic E-state index is 0.0150. The zero-order chi connectivity index (χ0) is 14.1. The summed E-state index contributed by atoms with van der Waals surface area (Å²) in [5.74, 6) is 5.99. The molecule has 19 heavy (non-hydrogen) atoms. The summed E-state index contributed by atoms with van der Waals surface area (Å²) in [7, 11) is 0. The van der Waals surface area contributed by atoms with Crippen LogP contribution in [0.25, 0.3) is 0 Å². The van der Waals surface area contributed by atoms with Crippen molar-refractivity contribution in [3.8, 4) is 6.01 Å². The van der Waals surface area contributed by atoms with E-state index in [1.54, 1.807) is 0 Å². The predicted molar refractivity (Wildman–Crippen MR) is 73.0 cm³/mol. The lowest BCUT2D eigenvalue weighted by atomic mass is 10.4.